The van der Waals surface area contributed by atoms with Crippen molar-refractivity contribution in [1.82, 2.24) is 9.88 Å². The average molecular weight is 308 g/mol. The largest absolute Gasteiger partial charge is 0.332 e. The van der Waals surface area contributed by atoms with Crippen molar-refractivity contribution in [3.63, 3.8) is 0 Å². The van der Waals surface area contributed by atoms with Gasteiger partial charge in [0.25, 0.3) is 0 Å². The first-order chi connectivity index (χ1) is 9.87. The Kier molecular flexibility index (Phi) is 4.77. The van der Waals surface area contributed by atoms with Gasteiger partial charge in [0.15, 0.2) is 0 Å². The number of hydrogen-bond acceptors (Lipinski definition) is 4. The third kappa shape index (κ3) is 4.97. The van der Waals surface area contributed by atoms with E-state index in [0.29, 0.717) is 0 Å². The van der Waals surface area contributed by atoms with Gasteiger partial charge in [-0.15, -0.1) is 0 Å². The second-order valence-electron chi connectivity index (χ2n) is 5.54. The number of hydrogen-bond donors (Lipinski definition) is 0. The van der Waals surface area contributed by atoms with Crippen molar-refractivity contribution in [2.24, 2.45) is 0 Å². The van der Waals surface area contributed by atoms with E-state index >= 15 is 0 Å². The van der Waals surface area contributed by atoms with Crippen molar-refractivity contribution in [2.75, 3.05) is 12.0 Å². The molecule has 1 aromatic rings. The fourth-order valence-electron chi connectivity index (χ4n) is 2.36. The Morgan fingerprint density at radius 2 is 2.24 bits per heavy atom. The van der Waals surface area contributed by atoms with Crippen molar-refractivity contribution < 1.29 is 13.2 Å². The zero-order valence-electron chi connectivity index (χ0n) is 12.3. The van der Waals surface area contributed by atoms with Crippen LogP contribution < -0.4 is 0 Å². The molecule has 1 aliphatic carbocycles. The molecule has 6 heteroatoms. The number of sulfone groups is 1. The van der Waals surface area contributed by atoms with Gasteiger partial charge in [-0.3, -0.25) is 9.78 Å². The summed E-state index contributed by atoms with van der Waals surface area (Å²) < 4.78 is 22.9. The Hall–Kier alpha value is -1.69. The van der Waals surface area contributed by atoms with Gasteiger partial charge in [-0.25, -0.2) is 8.42 Å². The molecule has 0 aromatic carbocycles. The maximum atomic E-state index is 12.3. The van der Waals surface area contributed by atoms with Crippen molar-refractivity contribution in [3.05, 3.63) is 36.2 Å². The second-order valence-corrected chi connectivity index (χ2v) is 7.72. The van der Waals surface area contributed by atoms with E-state index in [0.717, 1.165) is 18.4 Å². The Morgan fingerprint density at radius 1 is 1.52 bits per heavy atom. The summed E-state index contributed by atoms with van der Waals surface area (Å²) >= 11 is 0. The highest BCUT2D eigenvalue weighted by Gasteiger charge is 2.35. The van der Waals surface area contributed by atoms with Crippen LogP contribution in [0.3, 0.4) is 0 Å². The average Bonchev–Trinajstić information content (AvgIpc) is 3.20. The predicted octanol–water partition coefficient (Wildman–Crippen LogP) is 1.52. The first kappa shape index (κ1) is 15.7. The zero-order chi connectivity index (χ0) is 15.5. The lowest BCUT2D eigenvalue weighted by Gasteiger charge is -2.27. The number of aromatic nitrogens is 1. The highest BCUT2D eigenvalue weighted by molar-refractivity contribution is 7.90. The Bertz CT molecular complexity index is 622. The van der Waals surface area contributed by atoms with Crippen LogP contribution in [0.4, 0.5) is 0 Å². The summed E-state index contributed by atoms with van der Waals surface area (Å²) in [5.41, 5.74) is 0.845. The summed E-state index contributed by atoms with van der Waals surface area (Å²) in [6, 6.07) is 3.53. The van der Waals surface area contributed by atoms with Crippen LogP contribution in [0.2, 0.25) is 0 Å². The molecule has 114 valence electrons. The normalized spacial score (nSPS) is 16.9. The van der Waals surface area contributed by atoms with Crippen molar-refractivity contribution in [2.45, 2.75) is 31.8 Å². The van der Waals surface area contributed by atoms with E-state index in [9.17, 15) is 13.2 Å². The van der Waals surface area contributed by atoms with E-state index in [-0.39, 0.29) is 23.7 Å². The quantitative estimate of drug-likeness (QED) is 0.747. The zero-order valence-corrected chi connectivity index (χ0v) is 13.1. The van der Waals surface area contributed by atoms with Gasteiger partial charge < -0.3 is 4.90 Å². The third-order valence-corrected chi connectivity index (χ3v) is 4.40. The molecule has 0 aliphatic heterocycles. The van der Waals surface area contributed by atoms with Crippen LogP contribution >= 0.6 is 0 Å². The molecule has 0 N–H and O–H groups in total. The first-order valence-electron chi connectivity index (χ1n) is 6.95. The monoisotopic (exact) mass is 308 g/mol. The molecule has 0 unspecified atom stereocenters. The van der Waals surface area contributed by atoms with Crippen LogP contribution in [0, 0.1) is 0 Å². The van der Waals surface area contributed by atoms with Crippen LogP contribution in [-0.2, 0) is 14.6 Å². The maximum absolute atomic E-state index is 12.3. The van der Waals surface area contributed by atoms with Gasteiger partial charge in [-0.2, -0.15) is 0 Å². The molecule has 5 nitrogen and oxygen atoms in total. The fraction of sp³-hybridized carbons (Fsp3) is 0.467. The lowest BCUT2D eigenvalue weighted by atomic mass is 10.2. The molecular weight excluding hydrogens is 288 g/mol. The van der Waals surface area contributed by atoms with Gasteiger partial charge in [0, 0.05) is 36.8 Å². The van der Waals surface area contributed by atoms with E-state index in [1.807, 2.05) is 6.07 Å². The lowest BCUT2D eigenvalue weighted by Crippen LogP contribution is -2.43. The molecule has 0 saturated heterocycles. The summed E-state index contributed by atoms with van der Waals surface area (Å²) in [5, 5.41) is 0. The van der Waals surface area contributed by atoms with Crippen LogP contribution in [0.15, 0.2) is 30.6 Å². The highest BCUT2D eigenvalue weighted by Crippen LogP contribution is 2.29. The van der Waals surface area contributed by atoms with Crippen molar-refractivity contribution >= 4 is 21.8 Å². The molecule has 0 bridgehead atoms. The van der Waals surface area contributed by atoms with Crippen LogP contribution in [0.1, 0.15) is 25.3 Å². The van der Waals surface area contributed by atoms with E-state index < -0.39 is 9.84 Å². The fourth-order valence-corrected chi connectivity index (χ4v) is 3.39. The minimum Gasteiger partial charge on any atom is -0.332 e. The SMILES string of the molecule is C[C@H](CS(C)(=O)=O)N(C(=O)/C=C\c1cccnc1)C1CC1. The first-order valence-corrected chi connectivity index (χ1v) is 9.01. The summed E-state index contributed by atoms with van der Waals surface area (Å²) in [6.45, 7) is 1.79. The second kappa shape index (κ2) is 6.39. The number of pyridine rings is 1. The Balaban J connectivity index is 2.08. The van der Waals surface area contributed by atoms with Crippen LogP contribution in [0.25, 0.3) is 6.08 Å². The van der Waals surface area contributed by atoms with Gasteiger partial charge >= 0.3 is 0 Å². The molecule has 1 amide bonds. The number of carbonyl (C=O) groups is 1. The molecule has 1 aromatic heterocycles. The summed E-state index contributed by atoms with van der Waals surface area (Å²) in [6.07, 6.45) is 9.63. The van der Waals surface area contributed by atoms with Crippen LogP contribution in [-0.4, -0.2) is 48.3 Å². The molecule has 1 aliphatic rings. The molecule has 1 atom stereocenters. The van der Waals surface area contributed by atoms with Gasteiger partial charge in [0.1, 0.15) is 9.84 Å². The highest BCUT2D eigenvalue weighted by atomic mass is 32.2. The molecule has 21 heavy (non-hydrogen) atoms. The topological polar surface area (TPSA) is 67.3 Å². The molecule has 0 radical (unpaired) electrons. The minimum atomic E-state index is -3.10. The third-order valence-electron chi connectivity index (χ3n) is 3.32. The molecule has 1 saturated carbocycles. The van der Waals surface area contributed by atoms with E-state index in [1.54, 1.807) is 36.4 Å². The molecule has 1 heterocycles. The molecule has 2 rings (SSSR count). The van der Waals surface area contributed by atoms with Crippen molar-refractivity contribution in [1.29, 1.82) is 0 Å². The number of nitrogens with zero attached hydrogens (tertiary/aromatic N) is 2. The summed E-state index contributed by atoms with van der Waals surface area (Å²) in [4.78, 5) is 18.0. The smallest absolute Gasteiger partial charge is 0.247 e. The molecule has 0 spiro atoms. The Labute approximate surface area is 125 Å². The van der Waals surface area contributed by atoms with E-state index in [4.69, 9.17) is 0 Å². The van der Waals surface area contributed by atoms with E-state index in [2.05, 4.69) is 4.98 Å². The van der Waals surface area contributed by atoms with Crippen LogP contribution in [0.5, 0.6) is 0 Å². The van der Waals surface area contributed by atoms with Gasteiger partial charge in [0.2, 0.25) is 5.91 Å². The van der Waals surface area contributed by atoms with E-state index in [1.165, 1.54) is 12.3 Å². The predicted molar refractivity (Wildman–Crippen MR) is 82.3 cm³/mol. The molecular formula is C15H20N2O3S. The van der Waals surface area contributed by atoms with Crippen molar-refractivity contribution in [3.8, 4) is 0 Å². The number of carbonyl (C=O) groups excluding carboxylic acids is 1. The summed E-state index contributed by atoms with van der Waals surface area (Å²) in [5.74, 6) is -0.145. The van der Waals surface area contributed by atoms with Gasteiger partial charge in [0.05, 0.1) is 5.75 Å². The standard InChI is InChI=1S/C15H20N2O3S/c1-12(11-21(2,19)20)17(14-6-7-14)15(18)8-5-13-4-3-9-16-10-13/h3-5,8-10,12,14H,6-7,11H2,1-2H3/b8-5-/t12-/m1/s1. The summed E-state index contributed by atoms with van der Waals surface area (Å²) in [7, 11) is -3.10. The number of rotatable bonds is 6. The minimum absolute atomic E-state index is 0.00400. The van der Waals surface area contributed by atoms with Gasteiger partial charge in [-0.05, 0) is 37.5 Å². The molecule has 1 fully saturated rings. The number of amides is 1. The lowest BCUT2D eigenvalue weighted by molar-refractivity contribution is -0.128. The maximum Gasteiger partial charge on any atom is 0.247 e. The Morgan fingerprint density at radius 3 is 2.76 bits per heavy atom. The van der Waals surface area contributed by atoms with Gasteiger partial charge in [-0.1, -0.05) is 6.07 Å².